The Labute approximate surface area is 205 Å². The molecule has 1 saturated heterocycles. The average molecular weight is 507 g/mol. The number of para-hydroxylation sites is 1. The van der Waals surface area contributed by atoms with Crippen LogP contribution in [0.1, 0.15) is 44.1 Å². The zero-order valence-corrected chi connectivity index (χ0v) is 21.2. The van der Waals surface area contributed by atoms with E-state index >= 15 is 0 Å². The van der Waals surface area contributed by atoms with E-state index in [0.717, 1.165) is 5.56 Å². The van der Waals surface area contributed by atoms with Crippen molar-refractivity contribution in [3.63, 3.8) is 0 Å². The van der Waals surface area contributed by atoms with Crippen molar-refractivity contribution in [3.8, 4) is 16.9 Å². The molecule has 0 aromatic heterocycles. The molecule has 9 heteroatoms. The van der Waals surface area contributed by atoms with Gasteiger partial charge in [-0.3, -0.25) is 4.79 Å². The second-order valence-corrected chi connectivity index (χ2v) is 11.4. The average Bonchev–Trinajstić information content (AvgIpc) is 3.34. The Morgan fingerprint density at radius 3 is 2.46 bits per heavy atom. The third kappa shape index (κ3) is 5.07. The van der Waals surface area contributed by atoms with Gasteiger partial charge >= 0.3 is 0 Å². The molecule has 2 aromatic carbocycles. The van der Waals surface area contributed by atoms with Gasteiger partial charge in [0.2, 0.25) is 21.9 Å². The number of nitrogens with zero attached hydrogens (tertiary/aromatic N) is 2. The van der Waals surface area contributed by atoms with Crippen LogP contribution in [0.2, 0.25) is 0 Å². The van der Waals surface area contributed by atoms with E-state index in [0.29, 0.717) is 29.7 Å². The van der Waals surface area contributed by atoms with Gasteiger partial charge in [0.05, 0.1) is 12.0 Å². The number of carbonyl (C=O) groups excluding carboxylic acids is 1. The summed E-state index contributed by atoms with van der Waals surface area (Å²) < 4.78 is 61.9. The number of methoxy groups -OCH3 is 1. The summed E-state index contributed by atoms with van der Waals surface area (Å²) in [6, 6.07) is 11.2. The number of ether oxygens (including phenoxy) is 1. The van der Waals surface area contributed by atoms with E-state index in [9.17, 15) is 22.0 Å². The van der Waals surface area contributed by atoms with E-state index in [4.69, 9.17) is 4.74 Å². The molecular formula is C26H32F2N2O4S. The second-order valence-electron chi connectivity index (χ2n) is 9.51. The van der Waals surface area contributed by atoms with Crippen molar-refractivity contribution in [3.05, 3.63) is 48.0 Å². The standard InChI is InChI=1S/C26H32F2N2O4S/c1-18-10-11-24(21(17-18)20-7-4-5-9-23(20)34-3)35(32,33)30-16-6-8-22(30)25(31)29(2)19-12-14-26(27,28)15-13-19/h4-5,7,9-11,17,19,22H,6,8,12-16H2,1-3H3/t22-/m0/s1. The number of amides is 1. The van der Waals surface area contributed by atoms with Crippen molar-refractivity contribution in [2.24, 2.45) is 0 Å². The van der Waals surface area contributed by atoms with Crippen LogP contribution in [0.25, 0.3) is 11.1 Å². The van der Waals surface area contributed by atoms with Crippen LogP contribution in [-0.2, 0) is 14.8 Å². The monoisotopic (exact) mass is 506 g/mol. The Morgan fingerprint density at radius 2 is 1.77 bits per heavy atom. The Kier molecular flexibility index (Phi) is 7.20. The molecular weight excluding hydrogens is 474 g/mol. The number of sulfonamides is 1. The number of halogens is 2. The predicted octanol–water partition coefficient (Wildman–Crippen LogP) is 4.86. The lowest BCUT2D eigenvalue weighted by Gasteiger charge is -2.37. The summed E-state index contributed by atoms with van der Waals surface area (Å²) in [6.45, 7) is 2.12. The van der Waals surface area contributed by atoms with Gasteiger partial charge in [-0.05, 0) is 50.8 Å². The highest BCUT2D eigenvalue weighted by Gasteiger charge is 2.44. The van der Waals surface area contributed by atoms with Crippen LogP contribution in [0.4, 0.5) is 8.78 Å². The summed E-state index contributed by atoms with van der Waals surface area (Å²) >= 11 is 0. The summed E-state index contributed by atoms with van der Waals surface area (Å²) in [5, 5.41) is 0. The fraction of sp³-hybridized carbons (Fsp3) is 0.500. The van der Waals surface area contributed by atoms with Crippen molar-refractivity contribution in [1.29, 1.82) is 0 Å². The van der Waals surface area contributed by atoms with Gasteiger partial charge in [0, 0.05) is 43.6 Å². The number of aryl methyl sites for hydroxylation is 1. The topological polar surface area (TPSA) is 66.9 Å². The molecule has 35 heavy (non-hydrogen) atoms. The van der Waals surface area contributed by atoms with Crippen LogP contribution in [0.5, 0.6) is 5.75 Å². The van der Waals surface area contributed by atoms with Crippen molar-refractivity contribution < 1.29 is 26.7 Å². The lowest BCUT2D eigenvalue weighted by Crippen LogP contribution is -2.50. The minimum Gasteiger partial charge on any atom is -0.496 e. The maximum atomic E-state index is 14.0. The second kappa shape index (κ2) is 9.85. The van der Waals surface area contributed by atoms with Gasteiger partial charge in [0.15, 0.2) is 0 Å². The molecule has 6 nitrogen and oxygen atoms in total. The third-order valence-corrected chi connectivity index (χ3v) is 9.16. The number of hydrogen-bond acceptors (Lipinski definition) is 4. The molecule has 1 aliphatic heterocycles. The molecule has 0 bridgehead atoms. The van der Waals surface area contributed by atoms with Crippen LogP contribution >= 0.6 is 0 Å². The zero-order chi connectivity index (χ0) is 25.4. The first-order chi connectivity index (χ1) is 16.5. The van der Waals surface area contributed by atoms with Crippen molar-refractivity contribution >= 4 is 15.9 Å². The van der Waals surface area contributed by atoms with E-state index < -0.39 is 22.0 Å². The number of carbonyl (C=O) groups is 1. The van der Waals surface area contributed by atoms with Gasteiger partial charge in [-0.2, -0.15) is 4.31 Å². The van der Waals surface area contributed by atoms with Gasteiger partial charge in [0.1, 0.15) is 11.8 Å². The smallest absolute Gasteiger partial charge is 0.248 e. The van der Waals surface area contributed by atoms with Crippen molar-refractivity contribution in [1.82, 2.24) is 9.21 Å². The molecule has 1 atom stereocenters. The summed E-state index contributed by atoms with van der Waals surface area (Å²) in [5.74, 6) is -2.46. The van der Waals surface area contributed by atoms with Crippen LogP contribution in [0.3, 0.4) is 0 Å². The highest BCUT2D eigenvalue weighted by atomic mass is 32.2. The maximum Gasteiger partial charge on any atom is 0.248 e. The molecule has 0 N–H and O–H groups in total. The van der Waals surface area contributed by atoms with E-state index in [1.165, 1.54) is 16.3 Å². The number of rotatable bonds is 6. The number of hydrogen-bond donors (Lipinski definition) is 0. The van der Waals surface area contributed by atoms with Gasteiger partial charge in [-0.15, -0.1) is 0 Å². The van der Waals surface area contributed by atoms with Gasteiger partial charge < -0.3 is 9.64 Å². The van der Waals surface area contributed by atoms with Gasteiger partial charge in [-0.25, -0.2) is 17.2 Å². The number of alkyl halides is 2. The molecule has 2 fully saturated rings. The molecule has 1 aliphatic carbocycles. The molecule has 4 rings (SSSR count). The number of benzene rings is 2. The molecule has 2 aromatic rings. The molecule has 0 radical (unpaired) electrons. The summed E-state index contributed by atoms with van der Waals surface area (Å²) in [6.07, 6.45) is 0.875. The fourth-order valence-corrected chi connectivity index (χ4v) is 7.01. The summed E-state index contributed by atoms with van der Waals surface area (Å²) in [4.78, 5) is 15.0. The molecule has 0 unspecified atom stereocenters. The van der Waals surface area contributed by atoms with Crippen molar-refractivity contribution in [2.75, 3.05) is 20.7 Å². The van der Waals surface area contributed by atoms with Crippen LogP contribution < -0.4 is 4.74 Å². The molecule has 1 amide bonds. The minimum atomic E-state index is -4.03. The highest BCUT2D eigenvalue weighted by Crippen LogP contribution is 2.39. The largest absolute Gasteiger partial charge is 0.496 e. The quantitative estimate of drug-likeness (QED) is 0.561. The lowest BCUT2D eigenvalue weighted by molar-refractivity contribution is -0.138. The Balaban J connectivity index is 1.65. The fourth-order valence-electron chi connectivity index (χ4n) is 5.17. The molecule has 2 aliphatic rings. The normalized spacial score (nSPS) is 21.1. The summed E-state index contributed by atoms with van der Waals surface area (Å²) in [7, 11) is -0.886. The van der Waals surface area contributed by atoms with Crippen LogP contribution in [0.15, 0.2) is 47.4 Å². The number of likely N-dealkylation sites (N-methyl/N-ethyl adjacent to an activating group) is 1. The third-order valence-electron chi connectivity index (χ3n) is 7.19. The van der Waals surface area contributed by atoms with E-state index in [1.807, 2.05) is 31.2 Å². The van der Waals surface area contributed by atoms with Crippen LogP contribution in [-0.4, -0.2) is 62.2 Å². The van der Waals surface area contributed by atoms with Crippen molar-refractivity contribution in [2.45, 2.75) is 68.4 Å². The Hall–Kier alpha value is -2.52. The molecule has 0 spiro atoms. The van der Waals surface area contributed by atoms with E-state index in [1.54, 1.807) is 25.2 Å². The molecule has 1 saturated carbocycles. The van der Waals surface area contributed by atoms with E-state index in [-0.39, 0.29) is 49.1 Å². The molecule has 190 valence electrons. The van der Waals surface area contributed by atoms with E-state index in [2.05, 4.69) is 0 Å². The first kappa shape index (κ1) is 25.6. The molecule has 1 heterocycles. The first-order valence-electron chi connectivity index (χ1n) is 12.0. The Bertz CT molecular complexity index is 1190. The maximum absolute atomic E-state index is 14.0. The van der Waals surface area contributed by atoms with Gasteiger partial charge in [0.25, 0.3) is 0 Å². The lowest BCUT2D eigenvalue weighted by atomic mass is 9.91. The minimum absolute atomic E-state index is 0.118. The predicted molar refractivity (Wildman–Crippen MR) is 130 cm³/mol. The first-order valence-corrected chi connectivity index (χ1v) is 13.4. The van der Waals surface area contributed by atoms with Crippen LogP contribution in [0, 0.1) is 6.92 Å². The zero-order valence-electron chi connectivity index (χ0n) is 20.3. The van der Waals surface area contributed by atoms with Gasteiger partial charge in [-0.1, -0.05) is 29.8 Å². The summed E-state index contributed by atoms with van der Waals surface area (Å²) in [5.41, 5.74) is 2.07. The highest BCUT2D eigenvalue weighted by molar-refractivity contribution is 7.89. The SMILES string of the molecule is COc1ccccc1-c1cc(C)ccc1S(=O)(=O)N1CCC[C@H]1C(=O)N(C)C1CCC(F)(F)CC1. The Morgan fingerprint density at radius 1 is 1.09 bits per heavy atom.